The van der Waals surface area contributed by atoms with Crippen molar-refractivity contribution in [1.29, 1.82) is 0 Å². The van der Waals surface area contributed by atoms with Gasteiger partial charge in [0.05, 0.1) is 13.2 Å². The summed E-state index contributed by atoms with van der Waals surface area (Å²) in [5.74, 6) is 1.91. The van der Waals surface area contributed by atoms with Gasteiger partial charge in [-0.15, -0.1) is 0 Å². The van der Waals surface area contributed by atoms with E-state index in [0.29, 0.717) is 6.04 Å². The number of nitrogens with zero attached hydrogens (tertiary/aromatic N) is 2. The second kappa shape index (κ2) is 6.61. The third-order valence-electron chi connectivity index (χ3n) is 3.06. The minimum Gasteiger partial charge on any atom is -0.379 e. The lowest BCUT2D eigenvalue weighted by molar-refractivity contribution is 0.0353. The number of ether oxygens (including phenoxy) is 1. The number of aliphatic imine (C=N–C) groups is 1. The van der Waals surface area contributed by atoms with Gasteiger partial charge in [-0.25, -0.2) is 0 Å². The Morgan fingerprint density at radius 2 is 2.29 bits per heavy atom. The SMILES string of the molecule is CC1CN=C(NC(C)CN2CCOCC2)SC1. The van der Waals surface area contributed by atoms with E-state index in [0.717, 1.165) is 50.5 Å². The van der Waals surface area contributed by atoms with Gasteiger partial charge in [-0.1, -0.05) is 18.7 Å². The Morgan fingerprint density at radius 3 is 2.94 bits per heavy atom. The van der Waals surface area contributed by atoms with Crippen molar-refractivity contribution in [3.8, 4) is 0 Å². The van der Waals surface area contributed by atoms with Gasteiger partial charge in [0, 0.05) is 38.0 Å². The van der Waals surface area contributed by atoms with Crippen molar-refractivity contribution in [2.75, 3.05) is 45.1 Å². The Kier molecular flexibility index (Phi) is 5.13. The third kappa shape index (κ3) is 4.48. The minimum atomic E-state index is 0.466. The zero-order valence-electron chi connectivity index (χ0n) is 10.8. The molecule has 2 aliphatic heterocycles. The van der Waals surface area contributed by atoms with E-state index < -0.39 is 0 Å². The van der Waals surface area contributed by atoms with E-state index in [-0.39, 0.29) is 0 Å². The Balaban J connectivity index is 1.71. The molecule has 0 aromatic heterocycles. The van der Waals surface area contributed by atoms with Gasteiger partial charge in [0.2, 0.25) is 0 Å². The van der Waals surface area contributed by atoms with Crippen molar-refractivity contribution in [2.24, 2.45) is 10.9 Å². The smallest absolute Gasteiger partial charge is 0.156 e. The summed E-state index contributed by atoms with van der Waals surface area (Å²) in [5.41, 5.74) is 0. The standard InChI is InChI=1S/C12H23N3OS/c1-10-7-13-12(17-9-10)14-11(2)8-15-3-5-16-6-4-15/h10-11H,3-9H2,1-2H3,(H,13,14). The Bertz CT molecular complexity index is 266. The molecule has 2 atom stereocenters. The summed E-state index contributed by atoms with van der Waals surface area (Å²) < 4.78 is 5.35. The fourth-order valence-corrected chi connectivity index (χ4v) is 3.07. The highest BCUT2D eigenvalue weighted by Crippen LogP contribution is 2.16. The van der Waals surface area contributed by atoms with Gasteiger partial charge in [-0.05, 0) is 12.8 Å². The van der Waals surface area contributed by atoms with Gasteiger partial charge in [0.25, 0.3) is 0 Å². The summed E-state index contributed by atoms with van der Waals surface area (Å²) in [7, 11) is 0. The molecule has 5 heteroatoms. The van der Waals surface area contributed by atoms with Crippen LogP contribution in [0.5, 0.6) is 0 Å². The summed E-state index contributed by atoms with van der Waals surface area (Å²) in [6.07, 6.45) is 0. The molecule has 2 heterocycles. The maximum atomic E-state index is 5.35. The molecule has 1 fully saturated rings. The lowest BCUT2D eigenvalue weighted by Gasteiger charge is -2.30. The Morgan fingerprint density at radius 1 is 1.53 bits per heavy atom. The molecule has 1 N–H and O–H groups in total. The molecule has 0 bridgehead atoms. The van der Waals surface area contributed by atoms with Crippen molar-refractivity contribution >= 4 is 16.9 Å². The number of hydrogen-bond acceptors (Lipinski definition) is 5. The number of amidine groups is 1. The van der Waals surface area contributed by atoms with Crippen LogP contribution < -0.4 is 5.32 Å². The predicted octanol–water partition coefficient (Wildman–Crippen LogP) is 1.04. The van der Waals surface area contributed by atoms with Crippen molar-refractivity contribution in [3.63, 3.8) is 0 Å². The largest absolute Gasteiger partial charge is 0.379 e. The molecular weight excluding hydrogens is 234 g/mol. The highest BCUT2D eigenvalue weighted by Gasteiger charge is 2.17. The molecule has 0 amide bonds. The van der Waals surface area contributed by atoms with Gasteiger partial charge >= 0.3 is 0 Å². The topological polar surface area (TPSA) is 36.9 Å². The molecule has 2 aliphatic rings. The average molecular weight is 257 g/mol. The summed E-state index contributed by atoms with van der Waals surface area (Å²) in [5, 5.41) is 4.65. The van der Waals surface area contributed by atoms with E-state index in [2.05, 4.69) is 29.1 Å². The Labute approximate surface area is 108 Å². The lowest BCUT2D eigenvalue weighted by Crippen LogP contribution is -2.46. The van der Waals surface area contributed by atoms with Crippen molar-refractivity contribution in [1.82, 2.24) is 10.2 Å². The first-order chi connectivity index (χ1) is 8.24. The number of nitrogens with one attached hydrogen (secondary N) is 1. The van der Waals surface area contributed by atoms with E-state index in [9.17, 15) is 0 Å². The van der Waals surface area contributed by atoms with Crippen LogP contribution in [-0.4, -0.2) is 61.3 Å². The first-order valence-electron chi connectivity index (χ1n) is 6.48. The van der Waals surface area contributed by atoms with Crippen LogP contribution in [-0.2, 0) is 4.74 Å². The molecule has 0 aromatic rings. The van der Waals surface area contributed by atoms with Crippen LogP contribution in [0.15, 0.2) is 4.99 Å². The number of hydrogen-bond donors (Lipinski definition) is 1. The highest BCUT2D eigenvalue weighted by molar-refractivity contribution is 8.13. The molecule has 4 nitrogen and oxygen atoms in total. The quantitative estimate of drug-likeness (QED) is 0.819. The summed E-state index contributed by atoms with van der Waals surface area (Å²) in [4.78, 5) is 7.03. The van der Waals surface area contributed by atoms with E-state index in [1.807, 2.05) is 11.8 Å². The molecule has 0 aliphatic carbocycles. The van der Waals surface area contributed by atoms with Crippen molar-refractivity contribution in [3.05, 3.63) is 0 Å². The molecule has 0 radical (unpaired) electrons. The van der Waals surface area contributed by atoms with Crippen LogP contribution in [0.1, 0.15) is 13.8 Å². The average Bonchev–Trinajstić information content (AvgIpc) is 2.33. The Hall–Kier alpha value is -0.260. The van der Waals surface area contributed by atoms with Crippen molar-refractivity contribution in [2.45, 2.75) is 19.9 Å². The molecule has 0 spiro atoms. The molecule has 17 heavy (non-hydrogen) atoms. The van der Waals surface area contributed by atoms with Gasteiger partial charge in [-0.3, -0.25) is 9.89 Å². The van der Waals surface area contributed by atoms with Crippen LogP contribution in [0.3, 0.4) is 0 Å². The normalized spacial score (nSPS) is 28.6. The second-order valence-electron chi connectivity index (χ2n) is 5.02. The van der Waals surface area contributed by atoms with Gasteiger partial charge < -0.3 is 10.1 Å². The molecule has 2 unspecified atom stereocenters. The minimum absolute atomic E-state index is 0.466. The van der Waals surface area contributed by atoms with Crippen molar-refractivity contribution < 1.29 is 4.74 Å². The van der Waals surface area contributed by atoms with E-state index in [1.54, 1.807) is 0 Å². The van der Waals surface area contributed by atoms with Crippen LogP contribution in [0.2, 0.25) is 0 Å². The maximum absolute atomic E-state index is 5.35. The molecule has 0 saturated carbocycles. The molecule has 0 aromatic carbocycles. The van der Waals surface area contributed by atoms with Crippen LogP contribution in [0.25, 0.3) is 0 Å². The molecule has 1 saturated heterocycles. The van der Waals surface area contributed by atoms with Crippen LogP contribution in [0.4, 0.5) is 0 Å². The second-order valence-corrected chi connectivity index (χ2v) is 6.03. The van der Waals surface area contributed by atoms with Crippen LogP contribution in [0, 0.1) is 5.92 Å². The van der Waals surface area contributed by atoms with E-state index >= 15 is 0 Å². The van der Waals surface area contributed by atoms with E-state index in [4.69, 9.17) is 4.74 Å². The van der Waals surface area contributed by atoms with Crippen LogP contribution >= 0.6 is 11.8 Å². The van der Waals surface area contributed by atoms with Gasteiger partial charge in [0.15, 0.2) is 5.17 Å². The third-order valence-corrected chi connectivity index (χ3v) is 4.31. The lowest BCUT2D eigenvalue weighted by atomic mass is 10.2. The first-order valence-corrected chi connectivity index (χ1v) is 7.46. The monoisotopic (exact) mass is 257 g/mol. The maximum Gasteiger partial charge on any atom is 0.156 e. The zero-order valence-corrected chi connectivity index (χ0v) is 11.6. The fourth-order valence-electron chi connectivity index (χ4n) is 2.07. The first kappa shape index (κ1) is 13.2. The van der Waals surface area contributed by atoms with Gasteiger partial charge in [0.1, 0.15) is 0 Å². The number of morpholine rings is 1. The highest BCUT2D eigenvalue weighted by atomic mass is 32.2. The summed E-state index contributed by atoms with van der Waals surface area (Å²) in [6.45, 7) is 10.4. The molecule has 2 rings (SSSR count). The zero-order chi connectivity index (χ0) is 12.1. The fraction of sp³-hybridized carbons (Fsp3) is 0.917. The van der Waals surface area contributed by atoms with Gasteiger partial charge in [-0.2, -0.15) is 0 Å². The number of thioether (sulfide) groups is 1. The molecule has 98 valence electrons. The predicted molar refractivity (Wildman–Crippen MR) is 73.8 cm³/mol. The van der Waals surface area contributed by atoms with E-state index in [1.165, 1.54) is 5.75 Å². The summed E-state index contributed by atoms with van der Waals surface area (Å²) >= 11 is 1.86. The molecular formula is C12H23N3OS. The number of rotatable bonds is 3. The summed E-state index contributed by atoms with van der Waals surface area (Å²) in [6, 6.07) is 0.466.